The van der Waals surface area contributed by atoms with Gasteiger partial charge in [0.1, 0.15) is 0 Å². The van der Waals surface area contributed by atoms with Crippen LogP contribution in [0.2, 0.25) is 0 Å². The van der Waals surface area contributed by atoms with Gasteiger partial charge in [0.25, 0.3) is 0 Å². The highest BCUT2D eigenvalue weighted by Crippen LogP contribution is 2.22. The molecule has 2 aliphatic rings. The number of nitrogens with zero attached hydrogens (tertiary/aromatic N) is 3. The number of ether oxygens (including phenoxy) is 1. The number of nitrogens with one attached hydrogen (secondary N) is 1. The highest BCUT2D eigenvalue weighted by molar-refractivity contribution is 7.89. The van der Waals surface area contributed by atoms with Crippen molar-refractivity contribution in [2.75, 3.05) is 26.3 Å². The average Bonchev–Trinajstić information content (AvgIpc) is 3.29. The molecule has 4 rings (SSSR count). The summed E-state index contributed by atoms with van der Waals surface area (Å²) in [6, 6.07) is 6.72. The number of carbonyl (C=O) groups excluding carboxylic acids is 1. The lowest BCUT2D eigenvalue weighted by atomic mass is 9.96. The van der Waals surface area contributed by atoms with E-state index in [9.17, 15) is 13.2 Å². The molecule has 1 saturated carbocycles. The standard InChI is InChI=1S/C23H32N4O5S/c28-21(24-19-6-4-2-1-3-5-7-19)12-13-22-25-23(26-32-22)18-8-10-20(11-9-18)33(29,30)27-14-16-31-17-15-27/h8-11,19H,1-7,12-17H2,(H,24,28). The summed E-state index contributed by atoms with van der Waals surface area (Å²) in [5.41, 5.74) is 0.657. The number of rotatable bonds is 7. The van der Waals surface area contributed by atoms with E-state index in [1.54, 1.807) is 24.3 Å². The highest BCUT2D eigenvalue weighted by atomic mass is 32.2. The molecule has 0 bridgehead atoms. The first-order valence-electron chi connectivity index (χ1n) is 11.8. The first-order valence-corrected chi connectivity index (χ1v) is 13.3. The van der Waals surface area contributed by atoms with Gasteiger partial charge in [-0.15, -0.1) is 0 Å². The molecule has 1 aliphatic heterocycles. The van der Waals surface area contributed by atoms with Gasteiger partial charge in [-0.25, -0.2) is 8.42 Å². The number of hydrogen-bond donors (Lipinski definition) is 1. The number of morpholine rings is 1. The molecule has 0 spiro atoms. The van der Waals surface area contributed by atoms with E-state index in [0.717, 1.165) is 12.8 Å². The minimum atomic E-state index is -3.55. The van der Waals surface area contributed by atoms with Gasteiger partial charge in [-0.2, -0.15) is 9.29 Å². The quantitative estimate of drug-likeness (QED) is 0.653. The van der Waals surface area contributed by atoms with E-state index in [2.05, 4.69) is 15.5 Å². The number of hydrogen-bond acceptors (Lipinski definition) is 7. The van der Waals surface area contributed by atoms with Gasteiger partial charge in [0, 0.05) is 37.5 Å². The third-order valence-electron chi connectivity index (χ3n) is 6.22. The Balaban J connectivity index is 1.31. The summed E-state index contributed by atoms with van der Waals surface area (Å²) in [6.45, 7) is 1.52. The van der Waals surface area contributed by atoms with E-state index in [4.69, 9.17) is 9.26 Å². The number of sulfonamides is 1. The van der Waals surface area contributed by atoms with E-state index in [1.807, 2.05) is 0 Å². The summed E-state index contributed by atoms with van der Waals surface area (Å²) < 4.78 is 37.5. The minimum absolute atomic E-state index is 0.0120. The van der Waals surface area contributed by atoms with E-state index in [-0.39, 0.29) is 16.8 Å². The molecule has 2 fully saturated rings. The Labute approximate surface area is 194 Å². The van der Waals surface area contributed by atoms with Crippen molar-refractivity contribution in [1.29, 1.82) is 0 Å². The summed E-state index contributed by atoms with van der Waals surface area (Å²) in [5.74, 6) is 0.779. The van der Waals surface area contributed by atoms with Gasteiger partial charge in [-0.1, -0.05) is 37.3 Å². The van der Waals surface area contributed by atoms with Crippen LogP contribution in [0.25, 0.3) is 11.4 Å². The molecule has 1 saturated heterocycles. The second-order valence-electron chi connectivity index (χ2n) is 8.66. The Morgan fingerprint density at radius 1 is 1.03 bits per heavy atom. The summed E-state index contributed by atoms with van der Waals surface area (Å²) in [7, 11) is -3.55. The molecule has 0 atom stereocenters. The number of aromatic nitrogens is 2. The number of carbonyl (C=O) groups is 1. The Bertz CT molecular complexity index is 1010. The lowest BCUT2D eigenvalue weighted by Crippen LogP contribution is -2.40. The topological polar surface area (TPSA) is 115 Å². The number of amides is 1. The SMILES string of the molecule is O=C(CCc1nc(-c2ccc(S(=O)(=O)N3CCOCC3)cc2)no1)NC1CCCCCCC1. The maximum Gasteiger partial charge on any atom is 0.243 e. The number of aryl methyl sites for hydroxylation is 1. The van der Waals surface area contributed by atoms with Crippen molar-refractivity contribution in [3.05, 3.63) is 30.2 Å². The van der Waals surface area contributed by atoms with Crippen molar-refractivity contribution in [2.45, 2.75) is 68.7 Å². The van der Waals surface area contributed by atoms with Crippen LogP contribution >= 0.6 is 0 Å². The molecule has 0 radical (unpaired) electrons. The normalized spacial score (nSPS) is 19.0. The van der Waals surface area contributed by atoms with Crippen LogP contribution in [0.3, 0.4) is 0 Å². The van der Waals surface area contributed by atoms with Crippen LogP contribution in [-0.2, 0) is 26.0 Å². The first kappa shape index (κ1) is 23.8. The molecule has 2 aromatic rings. The van der Waals surface area contributed by atoms with Crippen LogP contribution in [0, 0.1) is 0 Å². The fourth-order valence-corrected chi connectivity index (χ4v) is 5.71. The van der Waals surface area contributed by atoms with Crippen LogP contribution < -0.4 is 5.32 Å². The maximum absolute atomic E-state index is 12.7. The van der Waals surface area contributed by atoms with Crippen molar-refractivity contribution in [3.8, 4) is 11.4 Å². The van der Waals surface area contributed by atoms with Gasteiger partial charge in [-0.05, 0) is 37.1 Å². The lowest BCUT2D eigenvalue weighted by Gasteiger charge is -2.26. The molecule has 1 aromatic carbocycles. The zero-order valence-electron chi connectivity index (χ0n) is 18.9. The third kappa shape index (κ3) is 6.39. The Kier molecular flexibility index (Phi) is 8.11. The summed E-state index contributed by atoms with van der Waals surface area (Å²) in [5, 5.41) is 7.14. The van der Waals surface area contributed by atoms with Crippen molar-refractivity contribution < 1.29 is 22.5 Å². The van der Waals surface area contributed by atoms with E-state index in [1.165, 1.54) is 36.4 Å². The monoisotopic (exact) mass is 476 g/mol. The van der Waals surface area contributed by atoms with Crippen LogP contribution in [0.15, 0.2) is 33.7 Å². The molecule has 1 amide bonds. The highest BCUT2D eigenvalue weighted by Gasteiger charge is 2.26. The molecule has 180 valence electrons. The molecule has 1 aromatic heterocycles. The summed E-state index contributed by atoms with van der Waals surface area (Å²) in [4.78, 5) is 17.0. The van der Waals surface area contributed by atoms with Crippen LogP contribution in [0.5, 0.6) is 0 Å². The largest absolute Gasteiger partial charge is 0.379 e. The van der Waals surface area contributed by atoms with Crippen molar-refractivity contribution in [2.24, 2.45) is 0 Å². The summed E-state index contributed by atoms with van der Waals surface area (Å²) in [6.07, 6.45) is 8.90. The Morgan fingerprint density at radius 2 is 1.70 bits per heavy atom. The molecule has 0 unspecified atom stereocenters. The molecule has 1 aliphatic carbocycles. The predicted octanol–water partition coefficient (Wildman–Crippen LogP) is 2.92. The van der Waals surface area contributed by atoms with Gasteiger partial charge in [-0.3, -0.25) is 4.79 Å². The van der Waals surface area contributed by atoms with Gasteiger partial charge >= 0.3 is 0 Å². The van der Waals surface area contributed by atoms with Gasteiger partial charge in [0.2, 0.25) is 27.6 Å². The average molecular weight is 477 g/mol. The predicted molar refractivity (Wildman–Crippen MR) is 122 cm³/mol. The van der Waals surface area contributed by atoms with E-state index >= 15 is 0 Å². The second kappa shape index (κ2) is 11.2. The Hall–Kier alpha value is -2.30. The smallest absolute Gasteiger partial charge is 0.243 e. The molecule has 33 heavy (non-hydrogen) atoms. The fourth-order valence-electron chi connectivity index (χ4n) is 4.31. The zero-order valence-corrected chi connectivity index (χ0v) is 19.7. The Morgan fingerprint density at radius 3 is 2.39 bits per heavy atom. The second-order valence-corrected chi connectivity index (χ2v) is 10.6. The lowest BCUT2D eigenvalue weighted by molar-refractivity contribution is -0.122. The van der Waals surface area contributed by atoms with Crippen molar-refractivity contribution in [3.63, 3.8) is 0 Å². The van der Waals surface area contributed by atoms with Crippen LogP contribution in [-0.4, -0.2) is 61.1 Å². The van der Waals surface area contributed by atoms with Gasteiger partial charge in [0.05, 0.1) is 18.1 Å². The van der Waals surface area contributed by atoms with E-state index < -0.39 is 10.0 Å². The van der Waals surface area contributed by atoms with Crippen LogP contribution in [0.1, 0.15) is 57.3 Å². The minimum Gasteiger partial charge on any atom is -0.379 e. The maximum atomic E-state index is 12.7. The van der Waals surface area contributed by atoms with Crippen molar-refractivity contribution >= 4 is 15.9 Å². The first-order chi connectivity index (χ1) is 16.0. The molecular weight excluding hydrogens is 444 g/mol. The molecule has 2 heterocycles. The molecular formula is C23H32N4O5S. The zero-order chi connectivity index (χ0) is 23.1. The van der Waals surface area contributed by atoms with Gasteiger partial charge in [0.15, 0.2) is 0 Å². The molecule has 1 N–H and O–H groups in total. The third-order valence-corrected chi connectivity index (χ3v) is 8.14. The van der Waals surface area contributed by atoms with Crippen LogP contribution in [0.4, 0.5) is 0 Å². The van der Waals surface area contributed by atoms with Gasteiger partial charge < -0.3 is 14.6 Å². The molecule has 9 nitrogen and oxygen atoms in total. The fraction of sp³-hybridized carbons (Fsp3) is 0.609. The number of benzene rings is 1. The van der Waals surface area contributed by atoms with Crippen molar-refractivity contribution in [1.82, 2.24) is 19.8 Å². The summed E-state index contributed by atoms with van der Waals surface area (Å²) >= 11 is 0. The molecule has 10 heteroatoms. The van der Waals surface area contributed by atoms with E-state index in [0.29, 0.717) is 56.4 Å².